The highest BCUT2D eigenvalue weighted by atomic mass is 16.1. The van der Waals surface area contributed by atoms with Crippen molar-refractivity contribution in [2.75, 3.05) is 13.1 Å². The van der Waals surface area contributed by atoms with E-state index in [9.17, 15) is 4.79 Å². The fourth-order valence-corrected chi connectivity index (χ4v) is 2.44. The maximum Gasteiger partial charge on any atom is 0.150 e. The summed E-state index contributed by atoms with van der Waals surface area (Å²) in [6.45, 7) is 16.3. The summed E-state index contributed by atoms with van der Waals surface area (Å²) in [7, 11) is 0. The van der Waals surface area contributed by atoms with Crippen molar-refractivity contribution in [1.82, 2.24) is 4.90 Å². The Labute approximate surface area is 140 Å². The lowest BCUT2D eigenvalue weighted by Gasteiger charge is -2.22. The zero-order valence-electron chi connectivity index (χ0n) is 14.5. The fraction of sp³-hybridized carbons (Fsp3) is 0.286. The fourth-order valence-electron chi connectivity index (χ4n) is 2.44. The van der Waals surface area contributed by atoms with Gasteiger partial charge in [-0.05, 0) is 50.5 Å². The minimum absolute atomic E-state index is 0.687. The number of carbonyl (C=O) groups is 1. The van der Waals surface area contributed by atoms with Gasteiger partial charge in [-0.15, -0.1) is 0 Å². The molecule has 0 fully saturated rings. The van der Waals surface area contributed by atoms with Crippen LogP contribution in [0.25, 0.3) is 5.57 Å². The van der Waals surface area contributed by atoms with Gasteiger partial charge in [-0.3, -0.25) is 4.79 Å². The van der Waals surface area contributed by atoms with Crippen LogP contribution in [0.2, 0.25) is 0 Å². The van der Waals surface area contributed by atoms with Gasteiger partial charge in [0.1, 0.15) is 0 Å². The Morgan fingerprint density at radius 3 is 2.39 bits per heavy atom. The maximum atomic E-state index is 11.1. The number of hydrogen-bond donors (Lipinski definition) is 0. The third-order valence-corrected chi connectivity index (χ3v) is 3.64. The molecule has 0 spiro atoms. The monoisotopic (exact) mass is 309 g/mol. The van der Waals surface area contributed by atoms with Crippen LogP contribution in [0, 0.1) is 0 Å². The summed E-state index contributed by atoms with van der Waals surface area (Å²) in [6, 6.07) is 7.55. The first-order valence-corrected chi connectivity index (χ1v) is 8.04. The molecular weight excluding hydrogens is 282 g/mol. The lowest BCUT2D eigenvalue weighted by Crippen LogP contribution is -2.21. The summed E-state index contributed by atoms with van der Waals surface area (Å²) >= 11 is 0. The Hall–Kier alpha value is -2.35. The third kappa shape index (κ3) is 5.74. The number of rotatable bonds is 9. The number of likely N-dealkylation sites (N-methyl/N-ethyl adjacent to an activating group) is 1. The predicted molar refractivity (Wildman–Crippen MR) is 100 cm³/mol. The van der Waals surface area contributed by atoms with E-state index in [1.165, 1.54) is 0 Å². The van der Waals surface area contributed by atoms with Gasteiger partial charge in [0.15, 0.2) is 6.29 Å². The highest BCUT2D eigenvalue weighted by Gasteiger charge is 2.04. The van der Waals surface area contributed by atoms with Crippen molar-refractivity contribution in [3.8, 4) is 0 Å². The van der Waals surface area contributed by atoms with Crippen molar-refractivity contribution in [3.05, 3.63) is 78.0 Å². The number of benzene rings is 1. The quantitative estimate of drug-likeness (QED) is 0.458. The predicted octanol–water partition coefficient (Wildman–Crippen LogP) is 5.26. The van der Waals surface area contributed by atoms with E-state index in [0.717, 1.165) is 41.8 Å². The molecule has 0 saturated carbocycles. The molecule has 0 aromatic heterocycles. The Bertz CT molecular complexity index is 618. The van der Waals surface area contributed by atoms with Crippen LogP contribution in [0.3, 0.4) is 0 Å². The van der Waals surface area contributed by atoms with E-state index in [0.29, 0.717) is 12.0 Å². The largest absolute Gasteiger partial charge is 0.372 e. The number of nitrogens with zero attached hydrogens (tertiary/aromatic N) is 1. The summed E-state index contributed by atoms with van der Waals surface area (Å²) in [4.78, 5) is 13.4. The molecular formula is C21H27NO. The molecule has 0 bridgehead atoms. The van der Waals surface area contributed by atoms with Crippen molar-refractivity contribution in [2.24, 2.45) is 0 Å². The summed E-state index contributed by atoms with van der Waals surface area (Å²) < 4.78 is 0. The standard InChI is InChI=1S/C21H27NO/c1-6-22(7-2)20(15-17(3)4)13-10-11-18(5)21-14-9-8-12-19(21)16-23/h8-10,12-16H,3,5-7,11H2,1-2,4H3/b13-10-,20-15+. The van der Waals surface area contributed by atoms with E-state index in [1.54, 1.807) is 0 Å². The summed E-state index contributed by atoms with van der Waals surface area (Å²) in [6.07, 6.45) is 7.88. The first kappa shape index (κ1) is 18.7. The molecule has 0 atom stereocenters. The SMILES string of the molecule is C=C(C)/C=C(\C=C/CC(=C)c1ccccc1C=O)N(CC)CC. The lowest BCUT2D eigenvalue weighted by molar-refractivity contribution is 0.112. The van der Waals surface area contributed by atoms with Crippen LogP contribution >= 0.6 is 0 Å². The van der Waals surface area contributed by atoms with Crippen LogP contribution in [0.1, 0.15) is 43.1 Å². The molecule has 0 radical (unpaired) electrons. The van der Waals surface area contributed by atoms with Gasteiger partial charge in [-0.1, -0.05) is 49.1 Å². The van der Waals surface area contributed by atoms with E-state index in [1.807, 2.05) is 31.2 Å². The first-order chi connectivity index (χ1) is 11.0. The zero-order valence-corrected chi connectivity index (χ0v) is 14.5. The Balaban J connectivity index is 2.88. The zero-order chi connectivity index (χ0) is 17.2. The van der Waals surface area contributed by atoms with Crippen LogP contribution in [-0.2, 0) is 0 Å². The second-order valence-electron chi connectivity index (χ2n) is 5.50. The molecule has 0 amide bonds. The van der Waals surface area contributed by atoms with Gasteiger partial charge in [0.25, 0.3) is 0 Å². The molecule has 0 aliphatic heterocycles. The second-order valence-corrected chi connectivity index (χ2v) is 5.50. The number of allylic oxidation sites excluding steroid dienone is 5. The summed E-state index contributed by atoms with van der Waals surface area (Å²) in [5.74, 6) is 0. The smallest absolute Gasteiger partial charge is 0.150 e. The highest BCUT2D eigenvalue weighted by Crippen LogP contribution is 2.20. The van der Waals surface area contributed by atoms with Crippen molar-refractivity contribution in [1.29, 1.82) is 0 Å². The van der Waals surface area contributed by atoms with Gasteiger partial charge in [0.2, 0.25) is 0 Å². The van der Waals surface area contributed by atoms with Crippen LogP contribution in [0.4, 0.5) is 0 Å². The van der Waals surface area contributed by atoms with Crippen LogP contribution in [0.5, 0.6) is 0 Å². The molecule has 2 heteroatoms. The number of carbonyl (C=O) groups excluding carboxylic acids is 1. The van der Waals surface area contributed by atoms with Crippen molar-refractivity contribution >= 4 is 11.9 Å². The van der Waals surface area contributed by atoms with E-state index in [-0.39, 0.29) is 0 Å². The van der Waals surface area contributed by atoms with Gasteiger partial charge >= 0.3 is 0 Å². The number of aldehydes is 1. The Kier molecular flexibility index (Phi) is 7.82. The average molecular weight is 309 g/mol. The molecule has 1 aromatic rings. The van der Waals surface area contributed by atoms with Gasteiger partial charge < -0.3 is 4.90 Å². The lowest BCUT2D eigenvalue weighted by atomic mass is 9.99. The van der Waals surface area contributed by atoms with E-state index >= 15 is 0 Å². The molecule has 2 nitrogen and oxygen atoms in total. The molecule has 122 valence electrons. The van der Waals surface area contributed by atoms with Gasteiger partial charge in [0, 0.05) is 24.4 Å². The molecule has 0 saturated heterocycles. The van der Waals surface area contributed by atoms with Crippen molar-refractivity contribution in [3.63, 3.8) is 0 Å². The van der Waals surface area contributed by atoms with Gasteiger partial charge in [0.05, 0.1) is 0 Å². The normalized spacial score (nSPS) is 11.5. The molecule has 23 heavy (non-hydrogen) atoms. The Morgan fingerprint density at radius 2 is 1.83 bits per heavy atom. The Morgan fingerprint density at radius 1 is 1.17 bits per heavy atom. The van der Waals surface area contributed by atoms with E-state index in [4.69, 9.17) is 0 Å². The topological polar surface area (TPSA) is 20.3 Å². The van der Waals surface area contributed by atoms with Crippen LogP contribution < -0.4 is 0 Å². The molecule has 0 N–H and O–H groups in total. The second kappa shape index (κ2) is 9.62. The van der Waals surface area contributed by atoms with Crippen LogP contribution in [0.15, 0.2) is 66.9 Å². The summed E-state index contributed by atoms with van der Waals surface area (Å²) in [5.41, 5.74) is 4.73. The van der Waals surface area contributed by atoms with Crippen LogP contribution in [-0.4, -0.2) is 24.3 Å². The van der Waals surface area contributed by atoms with Crippen molar-refractivity contribution in [2.45, 2.75) is 27.2 Å². The third-order valence-electron chi connectivity index (χ3n) is 3.64. The molecule has 0 unspecified atom stereocenters. The summed E-state index contributed by atoms with van der Waals surface area (Å²) in [5, 5.41) is 0. The van der Waals surface area contributed by atoms with Gasteiger partial charge in [-0.2, -0.15) is 0 Å². The first-order valence-electron chi connectivity index (χ1n) is 8.04. The number of hydrogen-bond acceptors (Lipinski definition) is 2. The highest BCUT2D eigenvalue weighted by molar-refractivity contribution is 5.85. The molecule has 1 aromatic carbocycles. The minimum Gasteiger partial charge on any atom is -0.372 e. The maximum absolute atomic E-state index is 11.1. The molecule has 1 rings (SSSR count). The average Bonchev–Trinajstić information content (AvgIpc) is 2.55. The van der Waals surface area contributed by atoms with Crippen molar-refractivity contribution < 1.29 is 4.79 Å². The molecule has 0 aliphatic carbocycles. The van der Waals surface area contributed by atoms with E-state index in [2.05, 4.69) is 50.1 Å². The minimum atomic E-state index is 0.687. The molecule has 0 heterocycles. The molecule has 0 aliphatic rings. The van der Waals surface area contributed by atoms with Gasteiger partial charge in [-0.25, -0.2) is 0 Å². The van der Waals surface area contributed by atoms with E-state index < -0.39 is 0 Å².